The van der Waals surface area contributed by atoms with E-state index in [1.165, 1.54) is 11.3 Å². The van der Waals surface area contributed by atoms with E-state index in [1.54, 1.807) is 0 Å². The monoisotopic (exact) mass is 515 g/mol. The van der Waals surface area contributed by atoms with Crippen LogP contribution in [0.15, 0.2) is 29.1 Å². The topological polar surface area (TPSA) is 72.8 Å². The molecule has 36 heavy (non-hydrogen) atoms. The van der Waals surface area contributed by atoms with E-state index < -0.39 is 0 Å². The largest absolute Gasteiger partial charge is 0.489 e. The van der Waals surface area contributed by atoms with E-state index in [1.807, 2.05) is 35.8 Å². The second kappa shape index (κ2) is 13.2. The van der Waals surface area contributed by atoms with Gasteiger partial charge in [0.25, 0.3) is 11.5 Å². The van der Waals surface area contributed by atoms with Crippen LogP contribution in [0.3, 0.4) is 0 Å². The summed E-state index contributed by atoms with van der Waals surface area (Å²) in [5.74, 6) is 0.163. The standard InChI is InChI=1S/C28H41N3O4S/c1-7-9-15-31-22-13-11-10-12-21(22)25-23(28(31)33)24(35-18-17-34-8-2)26(36-25)27(32)29-14-16-30(19(3)4)20(5)6/h10-13,19-20H,7-9,14-18H2,1-6H3,(H,29,32). The molecule has 0 saturated carbocycles. The van der Waals surface area contributed by atoms with Gasteiger partial charge in [-0.1, -0.05) is 31.5 Å². The number of hydrogen-bond donors (Lipinski definition) is 1. The molecule has 198 valence electrons. The van der Waals surface area contributed by atoms with Gasteiger partial charge >= 0.3 is 0 Å². The summed E-state index contributed by atoms with van der Waals surface area (Å²) in [6.07, 6.45) is 1.88. The van der Waals surface area contributed by atoms with Crippen LogP contribution >= 0.6 is 11.3 Å². The van der Waals surface area contributed by atoms with Gasteiger partial charge in [-0.2, -0.15) is 0 Å². The Kier molecular flexibility index (Phi) is 10.3. The van der Waals surface area contributed by atoms with Gasteiger partial charge in [0.1, 0.15) is 16.9 Å². The smallest absolute Gasteiger partial charge is 0.265 e. The molecule has 1 N–H and O–H groups in total. The van der Waals surface area contributed by atoms with Crippen LogP contribution in [0, 0.1) is 0 Å². The fourth-order valence-electron chi connectivity index (χ4n) is 4.61. The molecule has 3 rings (SSSR count). The quantitative estimate of drug-likeness (QED) is 0.296. The molecule has 2 heterocycles. The molecule has 0 aliphatic rings. The summed E-state index contributed by atoms with van der Waals surface area (Å²) in [5, 5.41) is 4.52. The van der Waals surface area contributed by atoms with Crippen molar-refractivity contribution in [3.05, 3.63) is 39.5 Å². The lowest BCUT2D eigenvalue weighted by atomic mass is 10.1. The lowest BCUT2D eigenvalue weighted by molar-refractivity contribution is 0.0929. The normalized spacial score (nSPS) is 11.9. The minimum absolute atomic E-state index is 0.107. The number of pyridine rings is 1. The second-order valence-electron chi connectivity index (χ2n) is 9.52. The van der Waals surface area contributed by atoms with Gasteiger partial charge in [-0.25, -0.2) is 0 Å². The van der Waals surface area contributed by atoms with Crippen LogP contribution in [0.1, 0.15) is 64.1 Å². The van der Waals surface area contributed by atoms with Crippen molar-refractivity contribution in [3.63, 3.8) is 0 Å². The van der Waals surface area contributed by atoms with Crippen LogP contribution in [-0.2, 0) is 11.3 Å². The van der Waals surface area contributed by atoms with E-state index >= 15 is 0 Å². The molecule has 0 aliphatic carbocycles. The molecule has 0 saturated heterocycles. The number of thiophene rings is 1. The van der Waals surface area contributed by atoms with Gasteiger partial charge in [-0.05, 0) is 47.1 Å². The number of fused-ring (bicyclic) bond motifs is 3. The highest BCUT2D eigenvalue weighted by Gasteiger charge is 2.25. The Balaban J connectivity index is 2.05. The van der Waals surface area contributed by atoms with E-state index in [0.717, 1.165) is 35.0 Å². The molecule has 0 aliphatic heterocycles. The number of rotatable bonds is 14. The highest BCUT2D eigenvalue weighted by Crippen LogP contribution is 2.39. The van der Waals surface area contributed by atoms with Crippen LogP contribution in [0.25, 0.3) is 21.0 Å². The molecule has 7 nitrogen and oxygen atoms in total. The number of carbonyl (C=O) groups is 1. The van der Waals surface area contributed by atoms with E-state index in [0.29, 0.717) is 54.4 Å². The summed E-state index contributed by atoms with van der Waals surface area (Å²) in [6.45, 7) is 15.8. The Hall–Kier alpha value is -2.42. The van der Waals surface area contributed by atoms with Gasteiger partial charge in [-0.3, -0.25) is 14.5 Å². The molecule has 0 spiro atoms. The van der Waals surface area contributed by atoms with Crippen molar-refractivity contribution in [1.29, 1.82) is 0 Å². The summed E-state index contributed by atoms with van der Waals surface area (Å²) in [6, 6.07) is 8.69. The number of amides is 1. The van der Waals surface area contributed by atoms with E-state index in [4.69, 9.17) is 9.47 Å². The van der Waals surface area contributed by atoms with Crippen LogP contribution in [0.2, 0.25) is 0 Å². The zero-order valence-corrected chi connectivity index (χ0v) is 23.4. The van der Waals surface area contributed by atoms with Gasteiger partial charge in [0.05, 0.1) is 16.8 Å². The van der Waals surface area contributed by atoms with E-state index in [2.05, 4.69) is 44.8 Å². The lowest BCUT2D eigenvalue weighted by Crippen LogP contribution is -2.42. The molecule has 1 amide bonds. The first-order valence-electron chi connectivity index (χ1n) is 13.1. The Labute approximate surface area is 218 Å². The third kappa shape index (κ3) is 6.28. The van der Waals surface area contributed by atoms with Crippen LogP contribution in [0.4, 0.5) is 0 Å². The van der Waals surface area contributed by atoms with Gasteiger partial charge in [0.2, 0.25) is 0 Å². The van der Waals surface area contributed by atoms with Crippen molar-refractivity contribution in [1.82, 2.24) is 14.8 Å². The van der Waals surface area contributed by atoms with Crippen LogP contribution < -0.4 is 15.6 Å². The minimum atomic E-state index is -0.210. The predicted molar refractivity (Wildman–Crippen MR) is 150 cm³/mol. The second-order valence-corrected chi connectivity index (χ2v) is 10.5. The first kappa shape index (κ1) is 28.2. The van der Waals surface area contributed by atoms with Gasteiger partial charge in [0.15, 0.2) is 5.75 Å². The zero-order chi connectivity index (χ0) is 26.2. The van der Waals surface area contributed by atoms with Crippen LogP contribution in [0.5, 0.6) is 5.75 Å². The van der Waals surface area contributed by atoms with Gasteiger partial charge in [-0.15, -0.1) is 11.3 Å². The first-order valence-corrected chi connectivity index (χ1v) is 14.0. The third-order valence-electron chi connectivity index (χ3n) is 6.36. The summed E-state index contributed by atoms with van der Waals surface area (Å²) in [5.41, 5.74) is 0.784. The van der Waals surface area contributed by atoms with Crippen molar-refractivity contribution in [2.75, 3.05) is 32.9 Å². The zero-order valence-electron chi connectivity index (χ0n) is 22.6. The summed E-state index contributed by atoms with van der Waals surface area (Å²) >= 11 is 1.34. The van der Waals surface area contributed by atoms with Crippen molar-refractivity contribution in [2.24, 2.45) is 0 Å². The van der Waals surface area contributed by atoms with E-state index in [9.17, 15) is 9.59 Å². The Morgan fingerprint density at radius 1 is 1.11 bits per heavy atom. The SMILES string of the molecule is CCCCn1c(=O)c2c(OCCOCC)c(C(=O)NCCN(C(C)C)C(C)C)sc2c2ccccc21. The molecule has 8 heteroatoms. The maximum absolute atomic E-state index is 13.8. The minimum Gasteiger partial charge on any atom is -0.489 e. The van der Waals surface area contributed by atoms with Crippen LogP contribution in [-0.4, -0.2) is 60.4 Å². The first-order chi connectivity index (χ1) is 17.3. The lowest BCUT2D eigenvalue weighted by Gasteiger charge is -2.30. The average Bonchev–Trinajstić information content (AvgIpc) is 3.24. The van der Waals surface area contributed by atoms with Gasteiger partial charge in [0, 0.05) is 43.7 Å². The average molecular weight is 516 g/mol. The van der Waals surface area contributed by atoms with E-state index in [-0.39, 0.29) is 18.1 Å². The highest BCUT2D eigenvalue weighted by molar-refractivity contribution is 7.22. The number of para-hydroxylation sites is 1. The summed E-state index contributed by atoms with van der Waals surface area (Å²) in [4.78, 5) is 30.0. The summed E-state index contributed by atoms with van der Waals surface area (Å²) in [7, 11) is 0. The summed E-state index contributed by atoms with van der Waals surface area (Å²) < 4.78 is 14.2. The predicted octanol–water partition coefficient (Wildman–Crippen LogP) is 5.28. The number of benzene rings is 1. The van der Waals surface area contributed by atoms with Gasteiger partial charge < -0.3 is 19.4 Å². The fraction of sp³-hybridized carbons (Fsp3) is 0.571. The van der Waals surface area contributed by atoms with Crippen molar-refractivity contribution >= 4 is 38.2 Å². The molecule has 0 unspecified atom stereocenters. The third-order valence-corrected chi connectivity index (χ3v) is 7.57. The maximum Gasteiger partial charge on any atom is 0.265 e. The number of nitrogens with zero attached hydrogens (tertiary/aromatic N) is 2. The molecule has 2 aromatic heterocycles. The fourth-order valence-corrected chi connectivity index (χ4v) is 5.80. The Bertz CT molecular complexity index is 1210. The number of nitrogens with one attached hydrogen (secondary N) is 1. The molecule has 0 fully saturated rings. The van der Waals surface area contributed by atoms with Crippen molar-refractivity contribution in [3.8, 4) is 5.75 Å². The molecule has 0 radical (unpaired) electrons. The molecule has 1 aromatic carbocycles. The maximum atomic E-state index is 13.8. The van der Waals surface area contributed by atoms with Crippen molar-refractivity contribution in [2.45, 2.75) is 73.0 Å². The Morgan fingerprint density at radius 2 is 1.83 bits per heavy atom. The van der Waals surface area contributed by atoms with Crippen molar-refractivity contribution < 1.29 is 14.3 Å². The molecule has 3 aromatic rings. The number of aromatic nitrogens is 1. The highest BCUT2D eigenvalue weighted by atomic mass is 32.1. The number of ether oxygens (including phenoxy) is 2. The number of hydrogen-bond acceptors (Lipinski definition) is 6. The molecule has 0 atom stereocenters. The number of aryl methyl sites for hydroxylation is 1. The Morgan fingerprint density at radius 3 is 2.50 bits per heavy atom. The molecular weight excluding hydrogens is 474 g/mol. The number of unbranched alkanes of at least 4 members (excludes halogenated alkanes) is 1. The number of carbonyl (C=O) groups excluding carboxylic acids is 1. The molecule has 0 bridgehead atoms. The molecular formula is C28H41N3O4S.